The molecule has 0 amide bonds. The zero-order valence-corrected chi connectivity index (χ0v) is 9.85. The van der Waals surface area contributed by atoms with Crippen LogP contribution in [0.4, 0.5) is 0 Å². The Labute approximate surface area is 85.0 Å². The van der Waals surface area contributed by atoms with Gasteiger partial charge in [-0.05, 0) is 19.0 Å². The molecule has 0 aliphatic carbocycles. The predicted molar refractivity (Wildman–Crippen MR) is 66.0 cm³/mol. The maximum atomic E-state index is 3.71. The molecule has 0 rings (SSSR count). The van der Waals surface area contributed by atoms with Gasteiger partial charge in [0.1, 0.15) is 0 Å². The molecular formula is C8H14BIP. The Kier molecular flexibility index (Phi) is 9.36. The molecule has 3 heteroatoms. The van der Waals surface area contributed by atoms with E-state index in [4.69, 9.17) is 0 Å². The van der Waals surface area contributed by atoms with E-state index >= 15 is 0 Å². The highest BCUT2D eigenvalue weighted by Crippen LogP contribution is 2.44. The minimum Gasteiger partial charge on any atom is -0.103 e. The highest BCUT2D eigenvalue weighted by atomic mass is 127. The van der Waals surface area contributed by atoms with Crippen molar-refractivity contribution in [3.8, 4) is 0 Å². The molecule has 0 fully saturated rings. The van der Waals surface area contributed by atoms with Crippen molar-refractivity contribution in [2.24, 2.45) is 0 Å². The molecule has 1 unspecified atom stereocenters. The van der Waals surface area contributed by atoms with Gasteiger partial charge in [-0.3, -0.25) is 0 Å². The monoisotopic (exact) mass is 279 g/mol. The molecule has 0 bridgehead atoms. The second-order valence-corrected chi connectivity index (χ2v) is 7.58. The molecule has 61 valence electrons. The minimum absolute atomic E-state index is 0.128. The molecule has 0 spiro atoms. The van der Waals surface area contributed by atoms with Gasteiger partial charge in [0.25, 0.3) is 0 Å². The maximum Gasteiger partial charge on any atom is 0.160 e. The molecule has 0 heterocycles. The zero-order chi connectivity index (χ0) is 8.53. The Morgan fingerprint density at radius 1 is 1.27 bits per heavy atom. The van der Waals surface area contributed by atoms with Crippen LogP contribution in [-0.2, 0) is 0 Å². The van der Waals surface area contributed by atoms with Crippen molar-refractivity contribution in [3.05, 3.63) is 25.3 Å². The summed E-state index contributed by atoms with van der Waals surface area (Å²) >= 11 is 2.53. The number of hydrogen-bond donors (Lipinski definition) is 0. The first-order valence-electron chi connectivity index (χ1n) is 3.78. The molecular weight excluding hydrogens is 265 g/mol. The van der Waals surface area contributed by atoms with E-state index in [2.05, 4.69) is 42.2 Å². The SMILES string of the molecule is C=CCC[B]P(I)CCC=C. The maximum absolute atomic E-state index is 3.71. The van der Waals surface area contributed by atoms with Crippen LogP contribution in [-0.4, -0.2) is 13.2 Å². The molecule has 0 aromatic rings. The lowest BCUT2D eigenvalue weighted by molar-refractivity contribution is 1.21. The summed E-state index contributed by atoms with van der Waals surface area (Å²) in [6.45, 7) is 9.81. The lowest BCUT2D eigenvalue weighted by Crippen LogP contribution is -1.86. The molecule has 1 atom stereocenters. The third-order valence-corrected chi connectivity index (χ3v) is 5.21. The van der Waals surface area contributed by atoms with E-state index in [0.717, 1.165) is 12.8 Å². The summed E-state index contributed by atoms with van der Waals surface area (Å²) in [6.07, 6.45) is 8.72. The lowest BCUT2D eigenvalue weighted by Gasteiger charge is -2.05. The van der Waals surface area contributed by atoms with E-state index in [0.29, 0.717) is 0 Å². The summed E-state index contributed by atoms with van der Waals surface area (Å²) in [4.78, 5) is 0. The van der Waals surface area contributed by atoms with Gasteiger partial charge in [-0.2, -0.15) is 0 Å². The highest BCUT2D eigenvalue weighted by molar-refractivity contribution is 14.2. The lowest BCUT2D eigenvalue weighted by atomic mass is 10.0. The summed E-state index contributed by atoms with van der Waals surface area (Å²) in [7, 11) is 0. The summed E-state index contributed by atoms with van der Waals surface area (Å²) in [5.74, 6) is 0. The Bertz CT molecular complexity index is 117. The fraction of sp³-hybridized carbons (Fsp3) is 0.500. The second kappa shape index (κ2) is 8.80. The molecule has 0 aliphatic rings. The predicted octanol–water partition coefficient (Wildman–Crippen LogP) is 4.01. The molecule has 0 nitrogen and oxygen atoms in total. The Hall–Kier alpha value is 0.705. The molecule has 0 aromatic heterocycles. The van der Waals surface area contributed by atoms with Gasteiger partial charge in [-0.1, -0.05) is 46.0 Å². The number of rotatable bonds is 7. The first-order chi connectivity index (χ1) is 5.31. The Balaban J connectivity index is 3.14. The normalized spacial score (nSPS) is 12.1. The fourth-order valence-corrected chi connectivity index (χ4v) is 3.35. The molecule has 0 saturated heterocycles. The molecule has 1 radical (unpaired) electrons. The summed E-state index contributed by atoms with van der Waals surface area (Å²) in [5, 5.41) is 0. The van der Waals surface area contributed by atoms with Crippen LogP contribution in [0.1, 0.15) is 12.8 Å². The summed E-state index contributed by atoms with van der Waals surface area (Å²) < 4.78 is 0. The minimum atomic E-state index is 0.128. The number of allylic oxidation sites excluding steroid dienone is 2. The van der Waals surface area contributed by atoms with Crippen LogP contribution in [0.5, 0.6) is 0 Å². The zero-order valence-electron chi connectivity index (χ0n) is 6.80. The number of hydrogen-bond acceptors (Lipinski definition) is 0. The van der Waals surface area contributed by atoms with Gasteiger partial charge in [-0.25, -0.2) is 0 Å². The van der Waals surface area contributed by atoms with Gasteiger partial charge in [-0.15, -0.1) is 13.2 Å². The van der Waals surface area contributed by atoms with Crippen molar-refractivity contribution in [3.63, 3.8) is 0 Å². The van der Waals surface area contributed by atoms with Crippen LogP contribution in [0.3, 0.4) is 0 Å². The van der Waals surface area contributed by atoms with Crippen LogP contribution < -0.4 is 0 Å². The van der Waals surface area contributed by atoms with Gasteiger partial charge in [0, 0.05) is 0 Å². The van der Waals surface area contributed by atoms with Crippen LogP contribution in [0, 0.1) is 0 Å². The van der Waals surface area contributed by atoms with Gasteiger partial charge >= 0.3 is 0 Å². The van der Waals surface area contributed by atoms with Crippen LogP contribution in [0.2, 0.25) is 6.32 Å². The second-order valence-electron chi connectivity index (χ2n) is 2.25. The standard InChI is InChI=1S/C8H14BIP/c1-3-5-7-9-11(10)8-6-4-2/h3-4H,1-2,5-8H2. The molecule has 0 aromatic carbocycles. The molecule has 11 heavy (non-hydrogen) atoms. The van der Waals surface area contributed by atoms with Gasteiger partial charge in [0.05, 0.1) is 0 Å². The van der Waals surface area contributed by atoms with Crippen molar-refractivity contribution in [2.75, 3.05) is 6.16 Å². The smallest absolute Gasteiger partial charge is 0.103 e. The van der Waals surface area contributed by atoms with Crippen LogP contribution in [0.25, 0.3) is 0 Å². The molecule has 0 N–H and O–H groups in total. The van der Waals surface area contributed by atoms with E-state index in [1.165, 1.54) is 12.5 Å². The van der Waals surface area contributed by atoms with Gasteiger partial charge < -0.3 is 0 Å². The third kappa shape index (κ3) is 8.61. The van der Waals surface area contributed by atoms with Gasteiger partial charge in [0.2, 0.25) is 0 Å². The van der Waals surface area contributed by atoms with Crippen LogP contribution in [0.15, 0.2) is 25.3 Å². The molecule has 0 saturated carbocycles. The van der Waals surface area contributed by atoms with E-state index in [9.17, 15) is 0 Å². The van der Waals surface area contributed by atoms with E-state index in [1.54, 1.807) is 0 Å². The summed E-state index contributed by atoms with van der Waals surface area (Å²) in [5.41, 5.74) is 0.128. The van der Waals surface area contributed by atoms with Crippen molar-refractivity contribution in [2.45, 2.75) is 19.2 Å². The van der Waals surface area contributed by atoms with Crippen molar-refractivity contribution in [1.29, 1.82) is 0 Å². The fourth-order valence-electron chi connectivity index (χ4n) is 0.638. The van der Waals surface area contributed by atoms with E-state index in [-0.39, 0.29) is 5.44 Å². The highest BCUT2D eigenvalue weighted by Gasteiger charge is 2.01. The van der Waals surface area contributed by atoms with Crippen molar-refractivity contribution < 1.29 is 0 Å². The molecule has 0 aliphatic heterocycles. The quantitative estimate of drug-likeness (QED) is 0.217. The third-order valence-electron chi connectivity index (χ3n) is 1.24. The van der Waals surface area contributed by atoms with Gasteiger partial charge in [0.15, 0.2) is 7.00 Å². The average Bonchev–Trinajstić information content (AvgIpc) is 2.01. The Morgan fingerprint density at radius 3 is 2.45 bits per heavy atom. The van der Waals surface area contributed by atoms with Crippen molar-refractivity contribution in [1.82, 2.24) is 0 Å². The largest absolute Gasteiger partial charge is 0.160 e. The van der Waals surface area contributed by atoms with Crippen molar-refractivity contribution >= 4 is 34.5 Å². The first-order valence-corrected chi connectivity index (χ1v) is 8.17. The number of halogens is 1. The first kappa shape index (κ1) is 11.7. The Morgan fingerprint density at radius 2 is 1.91 bits per heavy atom. The summed E-state index contributed by atoms with van der Waals surface area (Å²) in [6, 6.07) is 0. The van der Waals surface area contributed by atoms with E-state index < -0.39 is 0 Å². The topological polar surface area (TPSA) is 0 Å². The van der Waals surface area contributed by atoms with E-state index in [1.807, 2.05) is 12.2 Å². The average molecular weight is 279 g/mol. The van der Waals surface area contributed by atoms with Crippen LogP contribution >= 0.6 is 27.5 Å².